The first-order valence-corrected chi connectivity index (χ1v) is 19.6. The van der Waals surface area contributed by atoms with Gasteiger partial charge in [-0.1, -0.05) is 91.9 Å². The van der Waals surface area contributed by atoms with E-state index < -0.39 is 115 Å². The maximum atomic E-state index is 14.4. The van der Waals surface area contributed by atoms with Crippen molar-refractivity contribution in [2.24, 2.45) is 0 Å². The highest BCUT2D eigenvalue weighted by molar-refractivity contribution is 6.02. The number of esters is 1. The second kappa shape index (κ2) is 24.0. The Labute approximate surface area is 319 Å². The van der Waals surface area contributed by atoms with Crippen LogP contribution < -0.4 is 0 Å². The number of hydrogen-bond donors (Lipinski definition) is 10. The lowest BCUT2D eigenvalue weighted by molar-refractivity contribution is -0.416. The molecule has 12 atom stereocenters. The number of hydrogen-bond acceptors (Lipinski definition) is 16. The molecule has 1 aliphatic heterocycles. The highest BCUT2D eigenvalue weighted by Gasteiger charge is 2.79. The third-order valence-electron chi connectivity index (χ3n) is 10.2. The topological polar surface area (TPSA) is 289 Å². The minimum Gasteiger partial charge on any atom is -0.453 e. The fourth-order valence-electron chi connectivity index (χ4n) is 6.73. The molecule has 1 rings (SSSR count). The van der Waals surface area contributed by atoms with E-state index in [9.17, 15) is 70.2 Å². The molecule has 16 heteroatoms. The van der Waals surface area contributed by atoms with Crippen LogP contribution in [0.1, 0.15) is 145 Å². The van der Waals surface area contributed by atoms with Gasteiger partial charge < -0.3 is 60.5 Å². The van der Waals surface area contributed by atoms with E-state index in [0.717, 1.165) is 12.8 Å². The van der Waals surface area contributed by atoms with Crippen LogP contribution in [-0.4, -0.2) is 147 Å². The van der Waals surface area contributed by atoms with Gasteiger partial charge in [-0.05, 0) is 25.7 Å². The molecule has 0 aromatic rings. The molecule has 0 bridgehead atoms. The van der Waals surface area contributed by atoms with Gasteiger partial charge in [-0.3, -0.25) is 19.2 Å². The molecule has 1 saturated heterocycles. The molecule has 54 heavy (non-hydrogen) atoms. The number of ether oxygens (including phenoxy) is 2. The zero-order valence-corrected chi connectivity index (χ0v) is 32.3. The Morgan fingerprint density at radius 1 is 0.648 bits per heavy atom. The van der Waals surface area contributed by atoms with Gasteiger partial charge in [-0.2, -0.15) is 0 Å². The number of rotatable bonds is 29. The second-order valence-electron chi connectivity index (χ2n) is 14.5. The van der Waals surface area contributed by atoms with Gasteiger partial charge >= 0.3 is 5.97 Å². The number of aliphatic hydroxyl groups excluding tert-OH is 7. The molecule has 1 aliphatic rings. The summed E-state index contributed by atoms with van der Waals surface area (Å²) in [6, 6.07) is 0. The molecular formula is C38H68O16. The second-order valence-corrected chi connectivity index (χ2v) is 14.5. The highest BCUT2D eigenvalue weighted by Crippen LogP contribution is 2.49. The third-order valence-corrected chi connectivity index (χ3v) is 10.2. The van der Waals surface area contributed by atoms with Gasteiger partial charge in [-0.15, -0.1) is 0 Å². The number of ketones is 3. The standard InChI is InChI=1S/C38H68O16/c1-5-9-13-14-18-22-28(44)53-35-37(51,27(43)21-17-12-8-4)36(50,26(42)20-16-11-7-3)34(30(46)24(40)19-15-10-6-2)54-38(35,52)33(49)32(48)31(47)29(45)25(41)23-39/h25,29-35,39,41,45-52H,5-23H2,1-4H3/t25-,29+,30?,31-,32-,33?,34+,35-,36+,37+,38?/m0/s1/i22D/t22?,25-,29+,30?,31-,32-,33?,34+,35-,36+,37+,38?. The van der Waals surface area contributed by atoms with Gasteiger partial charge in [0.15, 0.2) is 29.1 Å². The zero-order chi connectivity index (χ0) is 42.1. The van der Waals surface area contributed by atoms with E-state index in [1.165, 1.54) is 0 Å². The van der Waals surface area contributed by atoms with Crippen LogP contribution in [-0.2, 0) is 28.7 Å². The van der Waals surface area contributed by atoms with E-state index in [4.69, 9.17) is 10.8 Å². The Morgan fingerprint density at radius 3 is 1.61 bits per heavy atom. The van der Waals surface area contributed by atoms with E-state index in [2.05, 4.69) is 0 Å². The van der Waals surface area contributed by atoms with Crippen LogP contribution in [0, 0.1) is 0 Å². The smallest absolute Gasteiger partial charge is 0.306 e. The average molecular weight is 782 g/mol. The van der Waals surface area contributed by atoms with Crippen molar-refractivity contribution < 1.29 is 81.1 Å². The monoisotopic (exact) mass is 781 g/mol. The summed E-state index contributed by atoms with van der Waals surface area (Å²) in [4.78, 5) is 55.7. The summed E-state index contributed by atoms with van der Waals surface area (Å²) in [7, 11) is 0. The highest BCUT2D eigenvalue weighted by atomic mass is 16.7. The summed E-state index contributed by atoms with van der Waals surface area (Å²) in [6.45, 7) is 6.18. The summed E-state index contributed by atoms with van der Waals surface area (Å²) in [5.41, 5.74) is -7.55. The molecule has 316 valence electrons. The summed E-state index contributed by atoms with van der Waals surface area (Å²) in [6.07, 6.45) is -19.3. The van der Waals surface area contributed by atoms with Crippen molar-refractivity contribution in [3.05, 3.63) is 0 Å². The Kier molecular flexibility index (Phi) is 21.4. The van der Waals surface area contributed by atoms with Crippen LogP contribution in [0.3, 0.4) is 0 Å². The number of carbonyl (C=O) groups excluding carboxylic acids is 4. The van der Waals surface area contributed by atoms with E-state index in [0.29, 0.717) is 51.4 Å². The van der Waals surface area contributed by atoms with Gasteiger partial charge in [0.1, 0.15) is 42.7 Å². The molecule has 0 spiro atoms. The number of aliphatic hydroxyl groups is 10. The van der Waals surface area contributed by atoms with Crippen molar-refractivity contribution in [2.75, 3.05) is 6.61 Å². The van der Waals surface area contributed by atoms with Crippen LogP contribution in [0.5, 0.6) is 0 Å². The lowest BCUT2D eigenvalue weighted by Crippen LogP contribution is -2.87. The zero-order valence-electron chi connectivity index (χ0n) is 33.3. The normalized spacial score (nSPS) is 28.6. The van der Waals surface area contributed by atoms with E-state index >= 15 is 0 Å². The van der Waals surface area contributed by atoms with Gasteiger partial charge in [0, 0.05) is 27.0 Å². The van der Waals surface area contributed by atoms with Gasteiger partial charge in [0.25, 0.3) is 0 Å². The largest absolute Gasteiger partial charge is 0.453 e. The predicted molar refractivity (Wildman–Crippen MR) is 194 cm³/mol. The lowest BCUT2D eigenvalue weighted by atomic mass is 9.62. The Bertz CT molecular complexity index is 1190. The molecule has 0 aliphatic carbocycles. The van der Waals surface area contributed by atoms with E-state index in [-0.39, 0.29) is 32.1 Å². The molecule has 0 amide bonds. The molecular weight excluding hydrogens is 712 g/mol. The third kappa shape index (κ3) is 12.0. The Morgan fingerprint density at radius 2 is 1.11 bits per heavy atom. The molecule has 0 aromatic carbocycles. The van der Waals surface area contributed by atoms with Gasteiger partial charge in [0.2, 0.25) is 11.4 Å². The first-order valence-electron chi connectivity index (χ1n) is 20.2. The fourth-order valence-corrected chi connectivity index (χ4v) is 6.73. The minimum absolute atomic E-state index is 0.00843. The molecule has 0 radical (unpaired) electrons. The van der Waals surface area contributed by atoms with Crippen LogP contribution in [0.2, 0.25) is 0 Å². The van der Waals surface area contributed by atoms with Crippen molar-refractivity contribution in [3.63, 3.8) is 0 Å². The summed E-state index contributed by atoms with van der Waals surface area (Å²) in [5.74, 6) is -9.34. The van der Waals surface area contributed by atoms with Crippen LogP contribution in [0.4, 0.5) is 0 Å². The minimum atomic E-state index is -3.91. The number of Topliss-reactive ketones (excluding diaryl/α,β-unsaturated/α-hetero) is 3. The van der Waals surface area contributed by atoms with Crippen molar-refractivity contribution in [1.29, 1.82) is 0 Å². The van der Waals surface area contributed by atoms with Crippen molar-refractivity contribution in [1.82, 2.24) is 0 Å². The molecule has 0 saturated carbocycles. The quantitative estimate of drug-likeness (QED) is 0.0363. The molecule has 16 nitrogen and oxygen atoms in total. The molecule has 4 unspecified atom stereocenters. The molecule has 0 aromatic heterocycles. The van der Waals surface area contributed by atoms with Gasteiger partial charge in [-0.25, -0.2) is 0 Å². The first kappa shape index (κ1) is 48.2. The fraction of sp³-hybridized carbons (Fsp3) is 0.895. The van der Waals surface area contributed by atoms with E-state index in [1.54, 1.807) is 13.8 Å². The van der Waals surface area contributed by atoms with Crippen molar-refractivity contribution in [2.45, 2.75) is 209 Å². The lowest BCUT2D eigenvalue weighted by Gasteiger charge is -2.59. The van der Waals surface area contributed by atoms with Crippen LogP contribution >= 0.6 is 0 Å². The molecule has 10 N–H and O–H groups in total. The molecule has 1 heterocycles. The molecule has 1 fully saturated rings. The van der Waals surface area contributed by atoms with Crippen LogP contribution in [0.25, 0.3) is 0 Å². The number of unbranched alkanes of at least 4 members (excludes halogenated alkanes) is 9. The average Bonchev–Trinajstić information content (AvgIpc) is 3.17. The van der Waals surface area contributed by atoms with Crippen LogP contribution in [0.15, 0.2) is 0 Å². The van der Waals surface area contributed by atoms with E-state index in [1.807, 2.05) is 13.8 Å². The van der Waals surface area contributed by atoms with Crippen molar-refractivity contribution in [3.8, 4) is 0 Å². The summed E-state index contributed by atoms with van der Waals surface area (Å²) in [5, 5.41) is 112. The van der Waals surface area contributed by atoms with Gasteiger partial charge in [0.05, 0.1) is 6.61 Å². The Hall–Kier alpha value is -1.96. The Balaban J connectivity index is 4.25. The summed E-state index contributed by atoms with van der Waals surface area (Å²) >= 11 is 0. The maximum absolute atomic E-state index is 14.4. The van der Waals surface area contributed by atoms with Crippen molar-refractivity contribution >= 4 is 23.3 Å². The first-order chi connectivity index (χ1) is 25.8. The predicted octanol–water partition coefficient (Wildman–Crippen LogP) is 0.414. The SMILES string of the molecule is [2H]C(CCCCCC)C(=O)O[C@@H]1C(O)(C(O)[C@@H](O)[C@@H](O)[C@H](O)[C@@H](O)CO)O[C@H](C(O)C(=O)CCCCC)[C@](O)(C(=O)CCCCC)[C@@]1(O)C(=O)CCCCC. The number of carbonyl (C=O) groups is 4. The summed E-state index contributed by atoms with van der Waals surface area (Å²) < 4.78 is 19.5. The maximum Gasteiger partial charge on any atom is 0.306 e.